The summed E-state index contributed by atoms with van der Waals surface area (Å²) in [5, 5.41) is 9.78. The van der Waals surface area contributed by atoms with Crippen LogP contribution in [0.3, 0.4) is 0 Å². The molecule has 4 aliphatic rings. The largest absolute Gasteiger partial charge is 0.395 e. The van der Waals surface area contributed by atoms with Crippen molar-refractivity contribution in [3.05, 3.63) is 54.6 Å². The van der Waals surface area contributed by atoms with Crippen LogP contribution in [0.1, 0.15) is 27.2 Å². The van der Waals surface area contributed by atoms with Gasteiger partial charge in [-0.15, -0.1) is 0 Å². The Bertz CT molecular complexity index is 1090. The molecule has 0 aromatic heterocycles. The molecule has 186 valence electrons. The molecule has 0 bridgehead atoms. The number of anilines is 1. The fourth-order valence-corrected chi connectivity index (χ4v) is 6.43. The third kappa shape index (κ3) is 3.30. The molecule has 4 aliphatic heterocycles. The van der Waals surface area contributed by atoms with Gasteiger partial charge in [0.05, 0.1) is 24.0 Å². The number of amides is 3. The zero-order chi connectivity index (χ0) is 25.0. The molecule has 1 spiro atoms. The normalized spacial score (nSPS) is 34.3. The van der Waals surface area contributed by atoms with E-state index < -0.39 is 29.1 Å². The van der Waals surface area contributed by atoms with Gasteiger partial charge >= 0.3 is 0 Å². The first-order chi connectivity index (χ1) is 16.8. The molecule has 5 rings (SSSR count). The van der Waals surface area contributed by atoms with E-state index in [0.29, 0.717) is 19.5 Å². The summed E-state index contributed by atoms with van der Waals surface area (Å²) in [7, 11) is 0. The molecule has 1 aromatic rings. The molecule has 0 aliphatic carbocycles. The maximum Gasteiger partial charge on any atom is 0.249 e. The standard InChI is InChI=1S/C27H33N3O5/c1-4-26-12-8-15-29(19-10-6-5-7-11-19)23(32)20(26)21-24(33)30(16-17-31)22-25(34)28(18(2)3)14-9-13-27(21,22)35-26/h5-13,18,20-22,31H,4,14-17H2,1-3H3/t20-,21+,22?,26+,27+/m1/s1. The topological polar surface area (TPSA) is 90.4 Å². The fourth-order valence-electron chi connectivity index (χ4n) is 6.43. The number of hydrogen-bond donors (Lipinski definition) is 1. The van der Waals surface area contributed by atoms with Gasteiger partial charge in [-0.25, -0.2) is 0 Å². The first kappa shape index (κ1) is 23.8. The van der Waals surface area contributed by atoms with Crippen molar-refractivity contribution in [1.29, 1.82) is 0 Å². The molecule has 3 amide bonds. The first-order valence-corrected chi connectivity index (χ1v) is 12.4. The highest BCUT2D eigenvalue weighted by Gasteiger charge is 2.75. The van der Waals surface area contributed by atoms with E-state index in [0.717, 1.165) is 5.69 Å². The van der Waals surface area contributed by atoms with Gasteiger partial charge in [0.1, 0.15) is 11.6 Å². The summed E-state index contributed by atoms with van der Waals surface area (Å²) in [6.07, 6.45) is 8.07. The number of aliphatic hydroxyl groups excluding tert-OH is 1. The van der Waals surface area contributed by atoms with E-state index in [-0.39, 0.29) is 36.9 Å². The van der Waals surface area contributed by atoms with Gasteiger partial charge in [0.25, 0.3) is 0 Å². The molecule has 0 saturated carbocycles. The van der Waals surface area contributed by atoms with Crippen LogP contribution in [0.4, 0.5) is 5.69 Å². The number of para-hydroxylation sites is 1. The number of β-amino-alcohol motifs (C(OH)–C–C–N with tert-alkyl or cyclic N) is 1. The average Bonchev–Trinajstić information content (AvgIpc) is 3.12. The fraction of sp³-hybridized carbons (Fsp3) is 0.519. The van der Waals surface area contributed by atoms with E-state index >= 15 is 0 Å². The Balaban J connectivity index is 1.67. The van der Waals surface area contributed by atoms with Crippen LogP contribution in [-0.2, 0) is 19.1 Å². The number of benzene rings is 1. The lowest BCUT2D eigenvalue weighted by Crippen LogP contribution is -2.57. The number of hydrogen-bond acceptors (Lipinski definition) is 5. The Hall–Kier alpha value is -2.97. The Morgan fingerprint density at radius 3 is 2.37 bits per heavy atom. The van der Waals surface area contributed by atoms with Gasteiger partial charge in [0.15, 0.2) is 0 Å². The minimum absolute atomic E-state index is 0.00883. The maximum atomic E-state index is 14.2. The van der Waals surface area contributed by atoms with Gasteiger partial charge in [0, 0.05) is 31.4 Å². The van der Waals surface area contributed by atoms with E-state index in [1.54, 1.807) is 9.80 Å². The number of rotatable bonds is 5. The van der Waals surface area contributed by atoms with Crippen LogP contribution in [0.15, 0.2) is 54.6 Å². The predicted octanol–water partition coefficient (Wildman–Crippen LogP) is 1.75. The second kappa shape index (κ2) is 8.60. The Labute approximate surface area is 205 Å². The minimum Gasteiger partial charge on any atom is -0.395 e. The molecule has 35 heavy (non-hydrogen) atoms. The van der Waals surface area contributed by atoms with E-state index in [9.17, 15) is 19.5 Å². The molecule has 1 N–H and O–H groups in total. The monoisotopic (exact) mass is 479 g/mol. The van der Waals surface area contributed by atoms with Crippen LogP contribution in [0, 0.1) is 11.8 Å². The number of aliphatic hydroxyl groups is 1. The molecule has 8 heteroatoms. The lowest BCUT2D eigenvalue weighted by Gasteiger charge is -2.39. The molecular weight excluding hydrogens is 446 g/mol. The van der Waals surface area contributed by atoms with E-state index in [1.165, 1.54) is 4.90 Å². The summed E-state index contributed by atoms with van der Waals surface area (Å²) in [4.78, 5) is 47.0. The van der Waals surface area contributed by atoms with Gasteiger partial charge in [-0.2, -0.15) is 0 Å². The minimum atomic E-state index is -1.28. The van der Waals surface area contributed by atoms with Gasteiger partial charge < -0.3 is 24.5 Å². The van der Waals surface area contributed by atoms with Crippen molar-refractivity contribution in [3.63, 3.8) is 0 Å². The zero-order valence-corrected chi connectivity index (χ0v) is 20.5. The number of carbonyl (C=O) groups excluding carboxylic acids is 3. The highest BCUT2D eigenvalue weighted by Crippen LogP contribution is 2.58. The van der Waals surface area contributed by atoms with Crippen molar-refractivity contribution >= 4 is 23.4 Å². The number of likely N-dealkylation sites (tertiary alicyclic amines) is 1. The Morgan fingerprint density at radius 2 is 1.71 bits per heavy atom. The number of fused-ring (bicyclic) bond motifs is 2. The lowest BCUT2D eigenvalue weighted by molar-refractivity contribution is -0.153. The highest BCUT2D eigenvalue weighted by molar-refractivity contribution is 6.04. The van der Waals surface area contributed by atoms with Crippen LogP contribution >= 0.6 is 0 Å². The van der Waals surface area contributed by atoms with Crippen molar-refractivity contribution in [2.24, 2.45) is 11.8 Å². The van der Waals surface area contributed by atoms with E-state index in [2.05, 4.69) is 0 Å². The average molecular weight is 480 g/mol. The summed E-state index contributed by atoms with van der Waals surface area (Å²) in [6.45, 7) is 6.32. The molecule has 4 heterocycles. The summed E-state index contributed by atoms with van der Waals surface area (Å²) in [5.41, 5.74) is -1.54. The van der Waals surface area contributed by atoms with Gasteiger partial charge in [0.2, 0.25) is 17.7 Å². The van der Waals surface area contributed by atoms with Crippen molar-refractivity contribution in [3.8, 4) is 0 Å². The molecule has 0 radical (unpaired) electrons. The summed E-state index contributed by atoms with van der Waals surface area (Å²) >= 11 is 0. The predicted molar refractivity (Wildman–Crippen MR) is 130 cm³/mol. The van der Waals surface area contributed by atoms with Crippen LogP contribution < -0.4 is 4.90 Å². The zero-order valence-electron chi connectivity index (χ0n) is 20.5. The summed E-state index contributed by atoms with van der Waals surface area (Å²) < 4.78 is 6.87. The molecule has 1 unspecified atom stereocenters. The number of ether oxygens (including phenoxy) is 1. The highest BCUT2D eigenvalue weighted by atomic mass is 16.5. The van der Waals surface area contributed by atoms with E-state index in [1.807, 2.05) is 75.4 Å². The smallest absolute Gasteiger partial charge is 0.249 e. The van der Waals surface area contributed by atoms with Crippen molar-refractivity contribution in [1.82, 2.24) is 9.80 Å². The molecular formula is C27H33N3O5. The maximum absolute atomic E-state index is 14.2. The van der Waals surface area contributed by atoms with Crippen LogP contribution in [-0.4, -0.2) is 82.2 Å². The second-order valence-corrected chi connectivity index (χ2v) is 10.1. The molecule has 5 atom stereocenters. The Morgan fingerprint density at radius 1 is 1.00 bits per heavy atom. The Kier molecular flexibility index (Phi) is 5.84. The summed E-state index contributed by atoms with van der Waals surface area (Å²) in [5.74, 6) is -2.38. The first-order valence-electron chi connectivity index (χ1n) is 12.4. The number of carbonyl (C=O) groups is 3. The lowest BCUT2D eigenvalue weighted by atomic mass is 9.73. The van der Waals surface area contributed by atoms with Gasteiger partial charge in [-0.1, -0.05) is 49.4 Å². The van der Waals surface area contributed by atoms with Crippen molar-refractivity contribution in [2.75, 3.05) is 31.1 Å². The van der Waals surface area contributed by atoms with Crippen molar-refractivity contribution in [2.45, 2.75) is 50.5 Å². The molecule has 2 saturated heterocycles. The SMILES string of the molecule is CC[C@]12C=CCN(c3ccccc3)C(=O)[C@H]1[C@H]1C(=O)N(CCO)C3C(=O)N(C(C)C)CC=C[C@@]31O2. The van der Waals surface area contributed by atoms with Gasteiger partial charge in [-0.3, -0.25) is 14.4 Å². The van der Waals surface area contributed by atoms with Crippen molar-refractivity contribution < 1.29 is 24.2 Å². The molecule has 8 nitrogen and oxygen atoms in total. The molecule has 1 aromatic carbocycles. The third-order valence-corrected chi connectivity index (χ3v) is 8.00. The van der Waals surface area contributed by atoms with Gasteiger partial charge in [-0.05, 0) is 32.4 Å². The quantitative estimate of drug-likeness (QED) is 0.650. The second-order valence-electron chi connectivity index (χ2n) is 10.1. The van der Waals surface area contributed by atoms with Crippen LogP contribution in [0.25, 0.3) is 0 Å². The van der Waals surface area contributed by atoms with E-state index in [4.69, 9.17) is 4.74 Å². The molecule has 2 fully saturated rings. The number of nitrogens with zero attached hydrogens (tertiary/aromatic N) is 3. The van der Waals surface area contributed by atoms with Crippen LogP contribution in [0.2, 0.25) is 0 Å². The van der Waals surface area contributed by atoms with Crippen LogP contribution in [0.5, 0.6) is 0 Å². The third-order valence-electron chi connectivity index (χ3n) is 8.00. The summed E-state index contributed by atoms with van der Waals surface area (Å²) in [6, 6.07) is 8.40.